The highest BCUT2D eigenvalue weighted by Gasteiger charge is 2.19. The van der Waals surface area contributed by atoms with Gasteiger partial charge in [-0.15, -0.1) is 5.53 Å². The number of anilines is 2. The molecule has 2 aliphatic rings. The van der Waals surface area contributed by atoms with E-state index in [0.717, 1.165) is 52.7 Å². The van der Waals surface area contributed by atoms with Crippen molar-refractivity contribution >= 4 is 28.1 Å². The van der Waals surface area contributed by atoms with E-state index in [2.05, 4.69) is 20.8 Å². The summed E-state index contributed by atoms with van der Waals surface area (Å²) < 4.78 is 11.4. The second kappa shape index (κ2) is 9.77. The fraction of sp³-hybridized carbons (Fsp3) is 0.179. The largest absolute Gasteiger partial charge is 0.489 e. The molecule has 182 valence electrons. The van der Waals surface area contributed by atoms with Crippen molar-refractivity contribution in [2.24, 2.45) is 0 Å². The zero-order valence-corrected chi connectivity index (χ0v) is 19.7. The van der Waals surface area contributed by atoms with E-state index < -0.39 is 0 Å². The molecule has 0 atom stereocenters. The van der Waals surface area contributed by atoms with Gasteiger partial charge in [-0.2, -0.15) is 0 Å². The summed E-state index contributed by atoms with van der Waals surface area (Å²) in [6.07, 6.45) is 1.98. The highest BCUT2D eigenvalue weighted by atomic mass is 16.5. The number of para-hydroxylation sites is 1. The Balaban J connectivity index is 1.24. The maximum absolute atomic E-state index is 12.9. The van der Waals surface area contributed by atoms with Crippen LogP contribution in [0.3, 0.4) is 0 Å². The SMILES string of the molecule is O=c1cc(N2CCOCC2)[nH]c2c(C3=CN(c4ccc(OCc5ccccc5)cc4)NN3)cccc12. The van der Waals surface area contributed by atoms with E-state index in [4.69, 9.17) is 9.47 Å². The summed E-state index contributed by atoms with van der Waals surface area (Å²) >= 11 is 0. The van der Waals surface area contributed by atoms with Crippen LogP contribution in [0.4, 0.5) is 11.5 Å². The third kappa shape index (κ3) is 4.51. The van der Waals surface area contributed by atoms with Crippen LogP contribution in [0.15, 0.2) is 89.9 Å². The van der Waals surface area contributed by atoms with Gasteiger partial charge in [0.1, 0.15) is 18.2 Å². The monoisotopic (exact) mass is 481 g/mol. The van der Waals surface area contributed by atoms with Crippen molar-refractivity contribution < 1.29 is 9.47 Å². The summed E-state index contributed by atoms with van der Waals surface area (Å²) in [6, 6.07) is 25.5. The minimum atomic E-state index is 0.00148. The van der Waals surface area contributed by atoms with Crippen molar-refractivity contribution in [1.29, 1.82) is 0 Å². The van der Waals surface area contributed by atoms with Crippen LogP contribution in [0.2, 0.25) is 0 Å². The lowest BCUT2D eigenvalue weighted by molar-refractivity contribution is 0.122. The first-order valence-corrected chi connectivity index (χ1v) is 12.0. The minimum Gasteiger partial charge on any atom is -0.489 e. The standard InChI is InChI=1S/C28H27N5O3/c34-26-17-27(32-13-15-35-16-14-32)29-28-23(7-4-8-24(26)28)25-18-33(31-30-25)21-9-11-22(12-10-21)36-19-20-5-2-1-3-6-20/h1-12,17-18,30-31H,13-16,19H2,(H,29,34). The molecule has 0 amide bonds. The van der Waals surface area contributed by atoms with Gasteiger partial charge in [-0.05, 0) is 35.9 Å². The molecule has 0 spiro atoms. The molecule has 1 fully saturated rings. The van der Waals surface area contributed by atoms with Gasteiger partial charge in [0.05, 0.1) is 30.1 Å². The summed E-state index contributed by atoms with van der Waals surface area (Å²) in [4.78, 5) is 18.6. The molecule has 6 rings (SSSR count). The first-order chi connectivity index (χ1) is 17.7. The van der Waals surface area contributed by atoms with Crippen LogP contribution in [0.1, 0.15) is 11.1 Å². The number of hydrogen-bond donors (Lipinski definition) is 3. The van der Waals surface area contributed by atoms with Crippen LogP contribution in [0.5, 0.6) is 5.75 Å². The van der Waals surface area contributed by atoms with Gasteiger partial charge in [0.15, 0.2) is 5.43 Å². The van der Waals surface area contributed by atoms with Gasteiger partial charge in [0.25, 0.3) is 0 Å². The molecule has 8 heteroatoms. The molecule has 3 heterocycles. The van der Waals surface area contributed by atoms with E-state index in [1.54, 1.807) is 6.07 Å². The fourth-order valence-electron chi connectivity index (χ4n) is 4.49. The van der Waals surface area contributed by atoms with Crippen LogP contribution in [0, 0.1) is 0 Å². The molecule has 1 aromatic heterocycles. The number of hydrazine groups is 2. The van der Waals surface area contributed by atoms with E-state index in [1.165, 1.54) is 0 Å². The number of nitrogens with one attached hydrogen (secondary N) is 3. The van der Waals surface area contributed by atoms with Gasteiger partial charge < -0.3 is 24.8 Å². The van der Waals surface area contributed by atoms with Crippen LogP contribution >= 0.6 is 0 Å². The van der Waals surface area contributed by atoms with E-state index in [1.807, 2.05) is 84.0 Å². The molecule has 0 saturated carbocycles. The number of benzene rings is 3. The third-order valence-electron chi connectivity index (χ3n) is 6.43. The van der Waals surface area contributed by atoms with Gasteiger partial charge in [0, 0.05) is 36.3 Å². The molecule has 0 aliphatic carbocycles. The fourth-order valence-corrected chi connectivity index (χ4v) is 4.49. The number of fused-ring (bicyclic) bond motifs is 1. The van der Waals surface area contributed by atoms with E-state index >= 15 is 0 Å². The van der Waals surface area contributed by atoms with Crippen LogP contribution in [0.25, 0.3) is 16.6 Å². The second-order valence-corrected chi connectivity index (χ2v) is 8.76. The summed E-state index contributed by atoms with van der Waals surface area (Å²) in [5.74, 6) is 1.62. The summed E-state index contributed by atoms with van der Waals surface area (Å²) in [6.45, 7) is 3.35. The zero-order valence-electron chi connectivity index (χ0n) is 19.7. The highest BCUT2D eigenvalue weighted by molar-refractivity contribution is 5.92. The molecular weight excluding hydrogens is 454 g/mol. The summed E-state index contributed by atoms with van der Waals surface area (Å²) in [5, 5.41) is 2.56. The van der Waals surface area contributed by atoms with E-state index in [-0.39, 0.29) is 5.43 Å². The number of aromatic nitrogens is 1. The predicted octanol–water partition coefficient (Wildman–Crippen LogP) is 3.77. The number of hydrogen-bond acceptors (Lipinski definition) is 7. The Hall–Kier alpha value is -4.27. The normalized spacial score (nSPS) is 15.6. The van der Waals surface area contributed by atoms with Crippen molar-refractivity contribution in [1.82, 2.24) is 15.9 Å². The first kappa shape index (κ1) is 22.2. The molecule has 3 N–H and O–H groups in total. The van der Waals surface area contributed by atoms with Gasteiger partial charge >= 0.3 is 0 Å². The van der Waals surface area contributed by atoms with Crippen molar-refractivity contribution in [3.05, 3.63) is 106 Å². The third-order valence-corrected chi connectivity index (χ3v) is 6.43. The lowest BCUT2D eigenvalue weighted by atomic mass is 10.1. The first-order valence-electron chi connectivity index (χ1n) is 12.0. The number of pyridine rings is 1. The average Bonchev–Trinajstić information content (AvgIpc) is 3.43. The Bertz CT molecular complexity index is 1440. The minimum absolute atomic E-state index is 0.00148. The number of rotatable bonds is 6. The Morgan fingerprint density at radius 3 is 2.53 bits per heavy atom. The lowest BCUT2D eigenvalue weighted by Gasteiger charge is -2.28. The second-order valence-electron chi connectivity index (χ2n) is 8.76. The van der Waals surface area contributed by atoms with E-state index in [9.17, 15) is 4.79 Å². The van der Waals surface area contributed by atoms with Crippen LogP contribution in [-0.4, -0.2) is 31.3 Å². The summed E-state index contributed by atoms with van der Waals surface area (Å²) in [5.41, 5.74) is 11.1. The average molecular weight is 482 g/mol. The van der Waals surface area contributed by atoms with Gasteiger partial charge in [-0.3, -0.25) is 9.80 Å². The zero-order chi connectivity index (χ0) is 24.3. The Kier molecular flexibility index (Phi) is 6.03. The Labute approximate surface area is 208 Å². The molecule has 0 unspecified atom stereocenters. The van der Waals surface area contributed by atoms with Crippen molar-refractivity contribution in [3.63, 3.8) is 0 Å². The number of ether oxygens (including phenoxy) is 2. The van der Waals surface area contributed by atoms with Gasteiger partial charge in [0.2, 0.25) is 0 Å². The van der Waals surface area contributed by atoms with Crippen molar-refractivity contribution in [2.45, 2.75) is 6.61 Å². The molecule has 4 aromatic rings. The quantitative estimate of drug-likeness (QED) is 0.387. The lowest BCUT2D eigenvalue weighted by Crippen LogP contribution is -2.37. The summed E-state index contributed by atoms with van der Waals surface area (Å²) in [7, 11) is 0. The smallest absolute Gasteiger partial charge is 0.191 e. The number of H-pyrrole nitrogens is 1. The van der Waals surface area contributed by atoms with E-state index in [0.29, 0.717) is 25.2 Å². The van der Waals surface area contributed by atoms with Crippen LogP contribution < -0.4 is 31.0 Å². The molecule has 3 aromatic carbocycles. The molecule has 36 heavy (non-hydrogen) atoms. The number of nitrogens with zero attached hydrogens (tertiary/aromatic N) is 2. The van der Waals surface area contributed by atoms with Crippen molar-refractivity contribution in [2.75, 3.05) is 36.2 Å². The maximum atomic E-state index is 12.9. The molecular formula is C28H27N5O3. The Morgan fingerprint density at radius 1 is 0.917 bits per heavy atom. The molecule has 1 saturated heterocycles. The maximum Gasteiger partial charge on any atom is 0.191 e. The molecule has 0 radical (unpaired) electrons. The number of morpholine rings is 1. The Morgan fingerprint density at radius 2 is 1.72 bits per heavy atom. The topological polar surface area (TPSA) is 81.9 Å². The molecule has 2 aliphatic heterocycles. The van der Waals surface area contributed by atoms with Gasteiger partial charge in [-0.25, -0.2) is 0 Å². The van der Waals surface area contributed by atoms with Crippen molar-refractivity contribution in [3.8, 4) is 5.75 Å². The molecule has 8 nitrogen and oxygen atoms in total. The van der Waals surface area contributed by atoms with Crippen LogP contribution in [-0.2, 0) is 11.3 Å². The highest BCUT2D eigenvalue weighted by Crippen LogP contribution is 2.27. The van der Waals surface area contributed by atoms with Gasteiger partial charge in [-0.1, -0.05) is 42.5 Å². The molecule has 0 bridgehead atoms. The number of aromatic amines is 1. The predicted molar refractivity (Wildman–Crippen MR) is 142 cm³/mol.